The molecule has 0 spiro atoms. The van der Waals surface area contributed by atoms with Crippen molar-refractivity contribution in [3.8, 4) is 67.3 Å². The van der Waals surface area contributed by atoms with E-state index in [4.69, 9.17) is 9.97 Å². The minimum atomic E-state index is -0.260. The zero-order valence-corrected chi connectivity index (χ0v) is 32.2. The molecule has 0 radical (unpaired) electrons. The molecule has 0 fully saturated rings. The summed E-state index contributed by atoms with van der Waals surface area (Å²) in [5.74, 6) is 0.708. The minimum absolute atomic E-state index is 0.260. The number of benzene rings is 8. The zero-order chi connectivity index (χ0) is 37.9. The predicted molar refractivity (Wildman–Crippen MR) is 240 cm³/mol. The fraction of sp³-hybridized carbons (Fsp3) is 0.0370. The second kappa shape index (κ2) is 13.4. The zero-order valence-electron chi connectivity index (χ0n) is 31.4. The summed E-state index contributed by atoms with van der Waals surface area (Å²) >= 11 is 1.86. The first-order chi connectivity index (χ1) is 28.1. The van der Waals surface area contributed by atoms with Crippen molar-refractivity contribution >= 4 is 31.5 Å². The van der Waals surface area contributed by atoms with Gasteiger partial charge in [-0.2, -0.15) is 0 Å². The molecule has 0 bridgehead atoms. The van der Waals surface area contributed by atoms with Crippen molar-refractivity contribution in [1.29, 1.82) is 0 Å². The van der Waals surface area contributed by atoms with Crippen LogP contribution in [0.15, 0.2) is 200 Å². The maximum Gasteiger partial charge on any atom is 0.160 e. The van der Waals surface area contributed by atoms with E-state index in [1.807, 2.05) is 29.5 Å². The lowest BCUT2D eigenvalue weighted by Crippen LogP contribution is -2.22. The van der Waals surface area contributed by atoms with Crippen LogP contribution >= 0.6 is 11.3 Å². The lowest BCUT2D eigenvalue weighted by molar-refractivity contribution is 0.714. The molecule has 0 aliphatic heterocycles. The van der Waals surface area contributed by atoms with Crippen LogP contribution in [0.4, 0.5) is 0 Å². The van der Waals surface area contributed by atoms with Gasteiger partial charge in [-0.05, 0) is 87.3 Å². The molecule has 57 heavy (non-hydrogen) atoms. The van der Waals surface area contributed by atoms with E-state index in [0.717, 1.165) is 33.6 Å². The molecule has 1 unspecified atom stereocenters. The van der Waals surface area contributed by atoms with Gasteiger partial charge in [0.2, 0.25) is 0 Å². The van der Waals surface area contributed by atoms with Crippen molar-refractivity contribution in [2.45, 2.75) is 12.3 Å². The van der Waals surface area contributed by atoms with Gasteiger partial charge >= 0.3 is 0 Å². The van der Waals surface area contributed by atoms with E-state index in [-0.39, 0.29) is 5.41 Å². The van der Waals surface area contributed by atoms with Crippen LogP contribution in [0.3, 0.4) is 0 Å². The highest BCUT2D eigenvalue weighted by molar-refractivity contribution is 7.26. The fourth-order valence-electron chi connectivity index (χ4n) is 8.89. The summed E-state index contributed by atoms with van der Waals surface area (Å²) in [5, 5.41) is 2.60. The second-order valence-corrected chi connectivity index (χ2v) is 16.1. The largest absolute Gasteiger partial charge is 0.228 e. The first-order valence-electron chi connectivity index (χ1n) is 19.5. The smallest absolute Gasteiger partial charge is 0.160 e. The van der Waals surface area contributed by atoms with E-state index in [9.17, 15) is 0 Å². The summed E-state index contributed by atoms with van der Waals surface area (Å²) in [4.78, 5) is 10.4. The molecule has 0 N–H and O–H groups in total. The predicted octanol–water partition coefficient (Wildman–Crippen LogP) is 14.5. The van der Waals surface area contributed by atoms with Crippen molar-refractivity contribution in [3.05, 3.63) is 217 Å². The van der Waals surface area contributed by atoms with Gasteiger partial charge in [0.25, 0.3) is 0 Å². The maximum atomic E-state index is 5.22. The summed E-state index contributed by atoms with van der Waals surface area (Å²) in [6.07, 6.45) is 0. The molecule has 2 heterocycles. The van der Waals surface area contributed by atoms with E-state index >= 15 is 0 Å². The SMILES string of the molecule is CC1(c2ccccc2)c2ccccc2-c2ccc(-c3cccc(-c4cc(-c5cccc(-c6cccc7c6sc6ccccc67)c5)nc(-c5ccccc5)n4)c3)cc21. The van der Waals surface area contributed by atoms with Crippen molar-refractivity contribution < 1.29 is 0 Å². The number of hydrogen-bond acceptors (Lipinski definition) is 3. The average Bonchev–Trinajstić information content (AvgIpc) is 3.80. The van der Waals surface area contributed by atoms with Crippen LogP contribution in [0.5, 0.6) is 0 Å². The highest BCUT2D eigenvalue weighted by Gasteiger charge is 2.40. The molecule has 0 amide bonds. The van der Waals surface area contributed by atoms with Gasteiger partial charge in [-0.25, -0.2) is 9.97 Å². The third kappa shape index (κ3) is 5.54. The molecule has 0 saturated heterocycles. The van der Waals surface area contributed by atoms with Gasteiger partial charge < -0.3 is 0 Å². The van der Waals surface area contributed by atoms with E-state index in [1.54, 1.807) is 0 Å². The Balaban J connectivity index is 1.02. The molecule has 1 atom stereocenters. The Bertz CT molecular complexity index is 3140. The lowest BCUT2D eigenvalue weighted by Gasteiger charge is -2.28. The normalized spacial score (nSPS) is 14.5. The van der Waals surface area contributed by atoms with Gasteiger partial charge in [0.05, 0.1) is 11.4 Å². The van der Waals surface area contributed by atoms with Crippen LogP contribution in [0.1, 0.15) is 23.6 Å². The van der Waals surface area contributed by atoms with Gasteiger partial charge in [-0.15, -0.1) is 11.3 Å². The number of nitrogens with zero attached hydrogens (tertiary/aromatic N) is 2. The quantitative estimate of drug-likeness (QED) is 0.169. The van der Waals surface area contributed by atoms with Gasteiger partial charge in [0.15, 0.2) is 5.82 Å². The van der Waals surface area contributed by atoms with Crippen molar-refractivity contribution in [3.63, 3.8) is 0 Å². The number of rotatable bonds is 6. The Hall–Kier alpha value is -6.94. The van der Waals surface area contributed by atoms with Gasteiger partial charge in [0.1, 0.15) is 0 Å². The summed E-state index contributed by atoms with van der Waals surface area (Å²) in [6.45, 7) is 2.37. The van der Waals surface area contributed by atoms with Crippen molar-refractivity contribution in [2.24, 2.45) is 0 Å². The van der Waals surface area contributed by atoms with E-state index in [2.05, 4.69) is 189 Å². The van der Waals surface area contributed by atoms with E-state index in [1.165, 1.54) is 64.7 Å². The van der Waals surface area contributed by atoms with Crippen LogP contribution in [0, 0.1) is 0 Å². The molecular weight excluding hydrogens is 709 g/mol. The molecule has 2 nitrogen and oxygen atoms in total. The standard InChI is InChI=1S/C54H36N2S/c1-54(41-21-6-3-7-22-41)47-27-10-8-23-43(47)44-30-29-37(33-48(44)54)36-17-12-19-39(31-36)49-34-50(56-53(55-49)35-15-4-2-5-16-35)40-20-13-18-38(32-40)42-25-14-26-46-45-24-9-11-28-51(45)57-52(42)46/h2-34H,1H3. The summed E-state index contributed by atoms with van der Waals surface area (Å²) in [6, 6.07) is 72.2. The Morgan fingerprint density at radius 2 is 0.947 bits per heavy atom. The summed E-state index contributed by atoms with van der Waals surface area (Å²) < 4.78 is 2.61. The third-order valence-electron chi connectivity index (χ3n) is 11.8. The summed E-state index contributed by atoms with van der Waals surface area (Å²) in [7, 11) is 0. The van der Waals surface area contributed by atoms with Crippen LogP contribution in [-0.4, -0.2) is 9.97 Å². The Labute approximate surface area is 336 Å². The molecule has 11 rings (SSSR count). The van der Waals surface area contributed by atoms with Gasteiger partial charge in [-0.3, -0.25) is 0 Å². The monoisotopic (exact) mass is 744 g/mol. The van der Waals surface area contributed by atoms with E-state index < -0.39 is 0 Å². The average molecular weight is 745 g/mol. The Morgan fingerprint density at radius 1 is 0.386 bits per heavy atom. The number of thiophene rings is 1. The second-order valence-electron chi connectivity index (χ2n) is 15.1. The van der Waals surface area contributed by atoms with Crippen LogP contribution in [0.2, 0.25) is 0 Å². The molecule has 3 heteroatoms. The van der Waals surface area contributed by atoms with Crippen molar-refractivity contribution in [1.82, 2.24) is 9.97 Å². The van der Waals surface area contributed by atoms with Gasteiger partial charge in [-0.1, -0.05) is 170 Å². The van der Waals surface area contributed by atoms with Crippen LogP contribution in [0.25, 0.3) is 87.5 Å². The molecule has 8 aromatic carbocycles. The maximum absolute atomic E-state index is 5.22. The molecule has 2 aromatic heterocycles. The Morgan fingerprint density at radius 3 is 1.75 bits per heavy atom. The number of hydrogen-bond donors (Lipinski definition) is 0. The number of fused-ring (bicyclic) bond motifs is 6. The number of aromatic nitrogens is 2. The first kappa shape index (κ1) is 33.4. The fourth-order valence-corrected chi connectivity index (χ4v) is 10.1. The highest BCUT2D eigenvalue weighted by Crippen LogP contribution is 2.53. The topological polar surface area (TPSA) is 25.8 Å². The molecule has 10 aromatic rings. The molecule has 268 valence electrons. The molecule has 1 aliphatic carbocycles. The molecule has 0 saturated carbocycles. The van der Waals surface area contributed by atoms with Crippen LogP contribution in [-0.2, 0) is 5.41 Å². The highest BCUT2D eigenvalue weighted by atomic mass is 32.1. The molecular formula is C54H36N2S. The van der Waals surface area contributed by atoms with Crippen LogP contribution < -0.4 is 0 Å². The summed E-state index contributed by atoms with van der Waals surface area (Å²) in [5.41, 5.74) is 16.0. The first-order valence-corrected chi connectivity index (χ1v) is 20.3. The minimum Gasteiger partial charge on any atom is -0.228 e. The van der Waals surface area contributed by atoms with Crippen molar-refractivity contribution in [2.75, 3.05) is 0 Å². The van der Waals surface area contributed by atoms with E-state index in [0.29, 0.717) is 5.82 Å². The van der Waals surface area contributed by atoms with Gasteiger partial charge in [0, 0.05) is 42.3 Å². The third-order valence-corrected chi connectivity index (χ3v) is 13.0. The molecule has 1 aliphatic rings. The Kier molecular flexibility index (Phi) is 7.84. The lowest BCUT2D eigenvalue weighted by atomic mass is 9.74.